The summed E-state index contributed by atoms with van der Waals surface area (Å²) < 4.78 is 51.8. The van der Waals surface area contributed by atoms with Crippen LogP contribution in [0.1, 0.15) is 28.8 Å². The van der Waals surface area contributed by atoms with Gasteiger partial charge in [0, 0.05) is 18.7 Å². The van der Waals surface area contributed by atoms with Crippen LogP contribution in [0.5, 0.6) is 0 Å². The van der Waals surface area contributed by atoms with Crippen LogP contribution in [-0.2, 0) is 6.18 Å². The van der Waals surface area contributed by atoms with Gasteiger partial charge in [-0.3, -0.25) is 4.79 Å². The van der Waals surface area contributed by atoms with Gasteiger partial charge in [0.15, 0.2) is 0 Å². The highest BCUT2D eigenvalue weighted by Crippen LogP contribution is 2.31. The molecule has 23 heavy (non-hydrogen) atoms. The predicted octanol–water partition coefficient (Wildman–Crippen LogP) is 2.92. The number of nitrogens with zero attached hydrogens (tertiary/aromatic N) is 1. The van der Waals surface area contributed by atoms with E-state index >= 15 is 0 Å². The summed E-state index contributed by atoms with van der Waals surface area (Å²) in [5, 5.41) is 3.32. The third kappa shape index (κ3) is 3.49. The van der Waals surface area contributed by atoms with Gasteiger partial charge in [0.1, 0.15) is 5.82 Å². The number of alkyl halides is 3. The molecule has 0 spiro atoms. The predicted molar refractivity (Wildman–Crippen MR) is 76.4 cm³/mol. The fraction of sp³-hybridized carbons (Fsp3) is 0.562. The number of fused-ring (bicyclic) bond motifs is 1. The number of carbonyl (C=O) groups excluding carboxylic acids is 1. The zero-order valence-corrected chi connectivity index (χ0v) is 12.5. The third-order valence-electron chi connectivity index (χ3n) is 4.78. The summed E-state index contributed by atoms with van der Waals surface area (Å²) >= 11 is 0. The molecule has 1 aromatic rings. The molecule has 0 bridgehead atoms. The molecule has 0 aromatic heterocycles. The summed E-state index contributed by atoms with van der Waals surface area (Å²) in [6.45, 7) is 2.84. The van der Waals surface area contributed by atoms with Gasteiger partial charge in [-0.25, -0.2) is 4.39 Å². The zero-order chi connectivity index (χ0) is 16.6. The highest BCUT2D eigenvalue weighted by molar-refractivity contribution is 5.94. The lowest BCUT2D eigenvalue weighted by Crippen LogP contribution is -2.33. The molecule has 2 aliphatic rings. The second-order valence-electron chi connectivity index (χ2n) is 6.27. The van der Waals surface area contributed by atoms with Gasteiger partial charge in [-0.05, 0) is 56.0 Å². The van der Waals surface area contributed by atoms with Crippen LogP contribution in [-0.4, -0.2) is 37.0 Å². The van der Waals surface area contributed by atoms with Crippen LogP contribution >= 0.6 is 0 Å². The van der Waals surface area contributed by atoms with Crippen molar-refractivity contribution in [2.45, 2.75) is 19.0 Å². The summed E-state index contributed by atoms with van der Waals surface area (Å²) in [4.78, 5) is 14.0. The number of amides is 1. The molecule has 7 heteroatoms. The number of benzene rings is 1. The first-order valence-corrected chi connectivity index (χ1v) is 7.72. The van der Waals surface area contributed by atoms with Gasteiger partial charge in [-0.15, -0.1) is 0 Å². The lowest BCUT2D eigenvalue weighted by molar-refractivity contribution is -0.137. The molecule has 3 rings (SSSR count). The van der Waals surface area contributed by atoms with Crippen molar-refractivity contribution in [3.8, 4) is 0 Å². The van der Waals surface area contributed by atoms with E-state index in [1.165, 1.54) is 0 Å². The van der Waals surface area contributed by atoms with Crippen LogP contribution < -0.4 is 5.32 Å². The van der Waals surface area contributed by atoms with E-state index in [1.807, 2.05) is 0 Å². The molecule has 2 heterocycles. The minimum absolute atomic E-state index is 0.234. The van der Waals surface area contributed by atoms with E-state index in [2.05, 4.69) is 5.32 Å². The summed E-state index contributed by atoms with van der Waals surface area (Å²) in [5.74, 6) is -0.556. The molecule has 0 radical (unpaired) electrons. The van der Waals surface area contributed by atoms with E-state index in [-0.39, 0.29) is 5.56 Å². The molecule has 1 N–H and O–H groups in total. The molecule has 2 aliphatic heterocycles. The topological polar surface area (TPSA) is 32.3 Å². The van der Waals surface area contributed by atoms with E-state index in [4.69, 9.17) is 0 Å². The van der Waals surface area contributed by atoms with Gasteiger partial charge in [0.05, 0.1) is 5.56 Å². The largest absolute Gasteiger partial charge is 0.416 e. The Morgan fingerprint density at radius 3 is 2.26 bits per heavy atom. The Morgan fingerprint density at radius 1 is 1.09 bits per heavy atom. The molecule has 0 saturated carbocycles. The van der Waals surface area contributed by atoms with Crippen molar-refractivity contribution in [3.05, 3.63) is 35.1 Å². The van der Waals surface area contributed by atoms with Gasteiger partial charge in [-0.2, -0.15) is 13.2 Å². The van der Waals surface area contributed by atoms with Gasteiger partial charge in [0.25, 0.3) is 5.91 Å². The maximum absolute atomic E-state index is 13.5. The number of rotatable bonds is 1. The first kappa shape index (κ1) is 16.2. The van der Waals surface area contributed by atoms with E-state index < -0.39 is 23.5 Å². The Hall–Kier alpha value is -1.63. The SMILES string of the molecule is O=C(c1cc(F)cc(C(F)(F)F)c1)N1CC[C@@H]2CNC[C@@H]2CC1. The summed E-state index contributed by atoms with van der Waals surface area (Å²) in [7, 11) is 0. The van der Waals surface area contributed by atoms with Gasteiger partial charge >= 0.3 is 6.18 Å². The van der Waals surface area contributed by atoms with Crippen LogP contribution in [0.25, 0.3) is 0 Å². The average Bonchev–Trinajstić information content (AvgIpc) is 2.84. The van der Waals surface area contributed by atoms with Crippen LogP contribution in [0.15, 0.2) is 18.2 Å². The number of carbonyl (C=O) groups is 1. The molecule has 1 aromatic carbocycles. The lowest BCUT2D eigenvalue weighted by Gasteiger charge is -2.21. The number of hydrogen-bond donors (Lipinski definition) is 1. The molecule has 2 fully saturated rings. The monoisotopic (exact) mass is 330 g/mol. The van der Waals surface area contributed by atoms with Gasteiger partial charge in [-0.1, -0.05) is 0 Å². The summed E-state index contributed by atoms with van der Waals surface area (Å²) in [6, 6.07) is 2.03. The normalized spacial score (nSPS) is 25.1. The second kappa shape index (κ2) is 6.11. The molecule has 0 unspecified atom stereocenters. The standard InChI is InChI=1S/C16H18F4N2O/c17-14-6-12(5-13(7-14)16(18,19)20)15(23)22-3-1-10-8-21-9-11(10)2-4-22/h5-7,10-11,21H,1-4,8-9H2/t10-,11+. The highest BCUT2D eigenvalue weighted by atomic mass is 19.4. The molecule has 2 saturated heterocycles. The average molecular weight is 330 g/mol. The van der Waals surface area contributed by atoms with Crippen molar-refractivity contribution in [1.82, 2.24) is 10.2 Å². The van der Waals surface area contributed by atoms with E-state index in [9.17, 15) is 22.4 Å². The number of halogens is 4. The maximum Gasteiger partial charge on any atom is 0.416 e. The van der Waals surface area contributed by atoms with E-state index in [0.29, 0.717) is 31.0 Å². The van der Waals surface area contributed by atoms with Crippen LogP contribution in [0.3, 0.4) is 0 Å². The number of likely N-dealkylation sites (tertiary alicyclic amines) is 1. The fourth-order valence-corrected chi connectivity index (χ4v) is 3.48. The van der Waals surface area contributed by atoms with Crippen molar-refractivity contribution >= 4 is 5.91 Å². The van der Waals surface area contributed by atoms with Crippen LogP contribution in [0, 0.1) is 17.7 Å². The first-order chi connectivity index (χ1) is 10.8. The van der Waals surface area contributed by atoms with Crippen LogP contribution in [0.4, 0.5) is 17.6 Å². The Kier molecular flexibility index (Phi) is 4.31. The van der Waals surface area contributed by atoms with Crippen molar-refractivity contribution in [2.24, 2.45) is 11.8 Å². The molecule has 3 nitrogen and oxygen atoms in total. The Labute approximate surface area is 131 Å². The smallest absolute Gasteiger partial charge is 0.339 e. The lowest BCUT2D eigenvalue weighted by atomic mass is 9.92. The minimum Gasteiger partial charge on any atom is -0.339 e. The zero-order valence-electron chi connectivity index (χ0n) is 12.5. The van der Waals surface area contributed by atoms with E-state index in [0.717, 1.165) is 38.1 Å². The summed E-state index contributed by atoms with van der Waals surface area (Å²) in [5.41, 5.74) is -1.36. The molecule has 0 aliphatic carbocycles. The van der Waals surface area contributed by atoms with Crippen molar-refractivity contribution in [3.63, 3.8) is 0 Å². The minimum atomic E-state index is -4.67. The van der Waals surface area contributed by atoms with Gasteiger partial charge < -0.3 is 10.2 Å². The number of nitrogens with one attached hydrogen (secondary N) is 1. The highest BCUT2D eigenvalue weighted by Gasteiger charge is 2.34. The molecular formula is C16H18F4N2O. The Bertz CT molecular complexity index is 588. The fourth-order valence-electron chi connectivity index (χ4n) is 3.48. The Morgan fingerprint density at radius 2 is 1.70 bits per heavy atom. The second-order valence-corrected chi connectivity index (χ2v) is 6.27. The van der Waals surface area contributed by atoms with Crippen LogP contribution in [0.2, 0.25) is 0 Å². The molecular weight excluding hydrogens is 312 g/mol. The maximum atomic E-state index is 13.5. The van der Waals surface area contributed by atoms with Crippen molar-refractivity contribution < 1.29 is 22.4 Å². The molecule has 2 atom stereocenters. The molecule has 1 amide bonds. The van der Waals surface area contributed by atoms with Crippen molar-refractivity contribution in [1.29, 1.82) is 0 Å². The Balaban J connectivity index is 1.79. The number of hydrogen-bond acceptors (Lipinski definition) is 2. The van der Waals surface area contributed by atoms with Gasteiger partial charge in [0.2, 0.25) is 0 Å². The third-order valence-corrected chi connectivity index (χ3v) is 4.78. The van der Waals surface area contributed by atoms with Crippen molar-refractivity contribution in [2.75, 3.05) is 26.2 Å². The molecule has 126 valence electrons. The quantitative estimate of drug-likeness (QED) is 0.803. The first-order valence-electron chi connectivity index (χ1n) is 7.72. The van der Waals surface area contributed by atoms with E-state index in [1.54, 1.807) is 4.90 Å². The summed E-state index contributed by atoms with van der Waals surface area (Å²) in [6.07, 6.45) is -3.02.